The average molecular weight is 290 g/mol. The van der Waals surface area contributed by atoms with E-state index in [9.17, 15) is 9.90 Å². The molecule has 3 rings (SSSR count). The Balaban J connectivity index is 1.93. The van der Waals surface area contributed by atoms with Crippen LogP contribution >= 0.6 is 0 Å². The second kappa shape index (κ2) is 5.27. The zero-order valence-electron chi connectivity index (χ0n) is 11.9. The highest BCUT2D eigenvalue weighted by atomic mass is 16.4. The van der Waals surface area contributed by atoms with Crippen molar-refractivity contribution in [1.29, 1.82) is 0 Å². The molecule has 1 aliphatic rings. The lowest BCUT2D eigenvalue weighted by Gasteiger charge is -2.32. The largest absolute Gasteiger partial charge is 0.481 e. The predicted octanol–water partition coefficient (Wildman–Crippen LogP) is 1.41. The molecule has 1 saturated carbocycles. The van der Waals surface area contributed by atoms with Gasteiger partial charge >= 0.3 is 5.97 Å². The third-order valence-electron chi connectivity index (χ3n) is 4.32. The maximum absolute atomic E-state index is 11.8. The van der Waals surface area contributed by atoms with Gasteiger partial charge in [-0.3, -0.25) is 9.89 Å². The van der Waals surface area contributed by atoms with Crippen LogP contribution in [0.5, 0.6) is 0 Å². The number of carbonyl (C=O) groups is 1. The van der Waals surface area contributed by atoms with E-state index < -0.39 is 11.4 Å². The van der Waals surface area contributed by atoms with Crippen LogP contribution in [0.25, 0.3) is 11.4 Å². The number of nitrogens with zero attached hydrogens (tertiary/aromatic N) is 5. The summed E-state index contributed by atoms with van der Waals surface area (Å²) >= 11 is 0. The Bertz CT molecular complexity index is 641. The van der Waals surface area contributed by atoms with E-state index in [1.807, 2.05) is 6.92 Å². The van der Waals surface area contributed by atoms with E-state index in [-0.39, 0.29) is 0 Å². The Hall–Kier alpha value is -2.25. The summed E-state index contributed by atoms with van der Waals surface area (Å²) in [4.78, 5) is 11.8. The minimum absolute atomic E-state index is 0.301. The van der Waals surface area contributed by atoms with Crippen LogP contribution in [-0.2, 0) is 11.3 Å². The van der Waals surface area contributed by atoms with Crippen molar-refractivity contribution >= 4 is 5.97 Å². The van der Waals surface area contributed by atoms with Crippen molar-refractivity contribution < 1.29 is 9.90 Å². The number of rotatable bonds is 4. The lowest BCUT2D eigenvalue weighted by Crippen LogP contribution is -2.38. The Morgan fingerprint density at radius 1 is 1.43 bits per heavy atom. The van der Waals surface area contributed by atoms with Gasteiger partial charge in [-0.15, -0.1) is 5.10 Å². The second-order valence-corrected chi connectivity index (χ2v) is 5.71. The summed E-state index contributed by atoms with van der Waals surface area (Å²) < 4.78 is 1.59. The van der Waals surface area contributed by atoms with Crippen molar-refractivity contribution in [2.24, 2.45) is 5.41 Å². The SMILES string of the molecule is Cc1[nH]ncc1-c1nnnn1CC1(C(=O)O)CCCCC1. The molecular formula is C13H18N6O2. The highest BCUT2D eigenvalue weighted by Gasteiger charge is 2.41. The van der Waals surface area contributed by atoms with Crippen LogP contribution in [0.1, 0.15) is 37.8 Å². The van der Waals surface area contributed by atoms with Crippen LogP contribution < -0.4 is 0 Å². The highest BCUT2D eigenvalue weighted by molar-refractivity contribution is 5.74. The summed E-state index contributed by atoms with van der Waals surface area (Å²) in [6, 6.07) is 0. The molecule has 0 unspecified atom stereocenters. The van der Waals surface area contributed by atoms with Gasteiger partial charge in [0.15, 0.2) is 5.82 Å². The number of aliphatic carboxylic acids is 1. The second-order valence-electron chi connectivity index (χ2n) is 5.71. The summed E-state index contributed by atoms with van der Waals surface area (Å²) in [7, 11) is 0. The van der Waals surface area contributed by atoms with Gasteiger partial charge in [0.2, 0.25) is 0 Å². The first-order valence-electron chi connectivity index (χ1n) is 7.12. The van der Waals surface area contributed by atoms with Crippen LogP contribution in [0.4, 0.5) is 0 Å². The number of aryl methyl sites for hydroxylation is 1. The topological polar surface area (TPSA) is 110 Å². The highest BCUT2D eigenvalue weighted by Crippen LogP contribution is 2.38. The van der Waals surface area contributed by atoms with E-state index in [1.165, 1.54) is 0 Å². The van der Waals surface area contributed by atoms with Crippen molar-refractivity contribution in [2.45, 2.75) is 45.6 Å². The summed E-state index contributed by atoms with van der Waals surface area (Å²) in [5, 5.41) is 28.2. The number of H-pyrrole nitrogens is 1. The molecule has 2 aromatic heterocycles. The number of carboxylic acids is 1. The van der Waals surface area contributed by atoms with Crippen molar-refractivity contribution in [3.63, 3.8) is 0 Å². The first-order valence-corrected chi connectivity index (χ1v) is 7.12. The fourth-order valence-electron chi connectivity index (χ4n) is 3.04. The summed E-state index contributed by atoms with van der Waals surface area (Å²) in [6.45, 7) is 2.18. The van der Waals surface area contributed by atoms with Gasteiger partial charge in [-0.1, -0.05) is 19.3 Å². The molecule has 1 aliphatic carbocycles. The van der Waals surface area contributed by atoms with Crippen LogP contribution in [0.2, 0.25) is 0 Å². The van der Waals surface area contributed by atoms with Gasteiger partial charge in [-0.25, -0.2) is 4.68 Å². The molecule has 0 saturated heterocycles. The van der Waals surface area contributed by atoms with E-state index in [0.717, 1.165) is 30.5 Å². The molecule has 8 heteroatoms. The molecule has 0 amide bonds. The van der Waals surface area contributed by atoms with Crippen LogP contribution in [0.15, 0.2) is 6.20 Å². The smallest absolute Gasteiger partial charge is 0.311 e. The molecule has 0 aromatic carbocycles. The zero-order valence-corrected chi connectivity index (χ0v) is 11.9. The number of carboxylic acid groups (broad SMARTS) is 1. The molecule has 0 spiro atoms. The fraction of sp³-hybridized carbons (Fsp3) is 0.615. The lowest BCUT2D eigenvalue weighted by atomic mass is 9.74. The first kappa shape index (κ1) is 13.7. The summed E-state index contributed by atoms with van der Waals surface area (Å²) in [5.74, 6) is -0.194. The molecule has 112 valence electrons. The van der Waals surface area contributed by atoms with Crippen LogP contribution in [0, 0.1) is 12.3 Å². The van der Waals surface area contributed by atoms with Crippen molar-refractivity contribution in [3.05, 3.63) is 11.9 Å². The molecule has 2 aromatic rings. The van der Waals surface area contributed by atoms with E-state index in [4.69, 9.17) is 0 Å². The minimum atomic E-state index is -0.764. The molecule has 1 fully saturated rings. The fourth-order valence-corrected chi connectivity index (χ4v) is 3.04. The molecule has 0 radical (unpaired) electrons. The Morgan fingerprint density at radius 2 is 2.19 bits per heavy atom. The number of nitrogens with one attached hydrogen (secondary N) is 1. The van der Waals surface area contributed by atoms with Gasteiger partial charge in [0.25, 0.3) is 0 Å². The number of aromatic amines is 1. The van der Waals surface area contributed by atoms with E-state index in [1.54, 1.807) is 10.9 Å². The van der Waals surface area contributed by atoms with E-state index in [0.29, 0.717) is 25.2 Å². The Labute approximate surface area is 121 Å². The van der Waals surface area contributed by atoms with Crippen molar-refractivity contribution in [3.8, 4) is 11.4 Å². The average Bonchev–Trinajstić information content (AvgIpc) is 3.08. The van der Waals surface area contributed by atoms with Gasteiger partial charge in [0.1, 0.15) is 0 Å². The monoisotopic (exact) mass is 290 g/mol. The van der Waals surface area contributed by atoms with E-state index in [2.05, 4.69) is 25.7 Å². The zero-order chi connectivity index (χ0) is 14.9. The van der Waals surface area contributed by atoms with Gasteiger partial charge < -0.3 is 5.11 Å². The standard InChI is InChI=1S/C13H18N6O2/c1-9-10(7-14-15-9)11-16-17-18-19(11)8-13(12(20)21)5-3-2-4-6-13/h7H,2-6,8H2,1H3,(H,14,15)(H,20,21). The maximum atomic E-state index is 11.8. The van der Waals surface area contributed by atoms with Gasteiger partial charge in [-0.05, 0) is 30.2 Å². The number of hydrogen-bond donors (Lipinski definition) is 2. The van der Waals surface area contributed by atoms with Crippen molar-refractivity contribution in [2.75, 3.05) is 0 Å². The number of tetrazole rings is 1. The minimum Gasteiger partial charge on any atom is -0.481 e. The molecule has 0 bridgehead atoms. The lowest BCUT2D eigenvalue weighted by molar-refractivity contribution is -0.152. The normalized spacial score (nSPS) is 17.8. The number of aromatic nitrogens is 6. The molecule has 2 heterocycles. The quantitative estimate of drug-likeness (QED) is 0.881. The first-order chi connectivity index (χ1) is 10.1. The predicted molar refractivity (Wildman–Crippen MR) is 73.3 cm³/mol. The van der Waals surface area contributed by atoms with E-state index >= 15 is 0 Å². The molecule has 0 aliphatic heterocycles. The summed E-state index contributed by atoms with van der Waals surface area (Å²) in [6.07, 6.45) is 5.98. The molecule has 21 heavy (non-hydrogen) atoms. The number of hydrogen-bond acceptors (Lipinski definition) is 5. The third kappa shape index (κ3) is 2.41. The van der Waals surface area contributed by atoms with Gasteiger partial charge in [-0.2, -0.15) is 5.10 Å². The van der Waals surface area contributed by atoms with Crippen molar-refractivity contribution in [1.82, 2.24) is 30.4 Å². The Kier molecular flexibility index (Phi) is 3.44. The molecular weight excluding hydrogens is 272 g/mol. The van der Waals surface area contributed by atoms with Gasteiger partial charge in [0.05, 0.1) is 23.7 Å². The maximum Gasteiger partial charge on any atom is 0.311 e. The van der Waals surface area contributed by atoms with Gasteiger partial charge in [0, 0.05) is 5.69 Å². The third-order valence-corrected chi connectivity index (χ3v) is 4.32. The summed E-state index contributed by atoms with van der Waals surface area (Å²) in [5.41, 5.74) is 0.899. The molecule has 8 nitrogen and oxygen atoms in total. The molecule has 0 atom stereocenters. The molecule has 2 N–H and O–H groups in total. The van der Waals surface area contributed by atoms with Crippen LogP contribution in [0.3, 0.4) is 0 Å². The Morgan fingerprint density at radius 3 is 2.81 bits per heavy atom. The van der Waals surface area contributed by atoms with Crippen LogP contribution in [-0.4, -0.2) is 41.5 Å².